The largest absolute Gasteiger partial charge is 0.546 e. The Morgan fingerprint density at radius 1 is 1.38 bits per heavy atom. The molecule has 5 nitrogen and oxygen atoms in total. The van der Waals surface area contributed by atoms with E-state index in [1.807, 2.05) is 17.5 Å². The van der Waals surface area contributed by atoms with E-state index < -0.39 is 12.6 Å². The summed E-state index contributed by atoms with van der Waals surface area (Å²) in [5.41, 5.74) is 0.429. The van der Waals surface area contributed by atoms with E-state index in [4.69, 9.17) is 9.47 Å². The molecular weight excluding hydrogens is 292 g/mol. The van der Waals surface area contributed by atoms with Crippen molar-refractivity contribution in [1.82, 2.24) is 0 Å². The van der Waals surface area contributed by atoms with Crippen LogP contribution in [0.3, 0.4) is 0 Å². The van der Waals surface area contributed by atoms with Crippen molar-refractivity contribution in [2.75, 3.05) is 6.61 Å². The molecule has 6 heteroatoms. The van der Waals surface area contributed by atoms with Crippen molar-refractivity contribution in [3.63, 3.8) is 0 Å². The van der Waals surface area contributed by atoms with Gasteiger partial charge in [0.2, 0.25) is 5.78 Å². The highest BCUT2D eigenvalue weighted by Gasteiger charge is 2.27. The van der Waals surface area contributed by atoms with E-state index in [1.54, 1.807) is 12.1 Å². The quantitative estimate of drug-likeness (QED) is 0.800. The maximum atomic E-state index is 12.2. The van der Waals surface area contributed by atoms with Crippen LogP contribution in [0.4, 0.5) is 0 Å². The Balaban J connectivity index is 1.84. The van der Waals surface area contributed by atoms with Gasteiger partial charge in [0.15, 0.2) is 5.76 Å². The number of ether oxygens (including phenoxy) is 2. The number of ketones is 1. The molecule has 0 bridgehead atoms. The van der Waals surface area contributed by atoms with Gasteiger partial charge in [-0.1, -0.05) is 6.07 Å². The molecule has 0 spiro atoms. The third-order valence-corrected chi connectivity index (χ3v) is 3.63. The molecule has 0 saturated heterocycles. The van der Waals surface area contributed by atoms with E-state index in [9.17, 15) is 14.7 Å². The van der Waals surface area contributed by atoms with Crippen LogP contribution in [-0.4, -0.2) is 18.4 Å². The summed E-state index contributed by atoms with van der Waals surface area (Å²) in [4.78, 5) is 23.4. The summed E-state index contributed by atoms with van der Waals surface area (Å²) in [6.45, 7) is -0.551. The molecule has 0 saturated carbocycles. The van der Waals surface area contributed by atoms with Gasteiger partial charge in [-0.3, -0.25) is 4.79 Å². The average Bonchev–Trinajstić information content (AvgIpc) is 3.06. The number of Topliss-reactive ketones (excluding diaryl/α,β-unsaturated/α-hetero) is 1. The summed E-state index contributed by atoms with van der Waals surface area (Å²) >= 11 is 1.50. The van der Waals surface area contributed by atoms with Crippen LogP contribution < -0.4 is 14.6 Å². The van der Waals surface area contributed by atoms with Crippen LogP contribution >= 0.6 is 11.3 Å². The monoisotopic (exact) mass is 301 g/mol. The number of hydrogen-bond donors (Lipinski definition) is 0. The molecule has 2 heterocycles. The Morgan fingerprint density at radius 2 is 2.24 bits per heavy atom. The first kappa shape index (κ1) is 13.4. The molecule has 0 amide bonds. The molecule has 2 aromatic rings. The molecule has 0 atom stereocenters. The Bertz CT molecular complexity index is 731. The first-order chi connectivity index (χ1) is 10.1. The van der Waals surface area contributed by atoms with E-state index in [0.717, 1.165) is 4.88 Å². The number of thiophene rings is 1. The van der Waals surface area contributed by atoms with Gasteiger partial charge >= 0.3 is 0 Å². The van der Waals surface area contributed by atoms with E-state index >= 15 is 0 Å². The number of carbonyl (C=O) groups is 2. The SMILES string of the molecule is O=C([O-])COc1ccc2c(c1)O/C(=C/c1cccs1)C2=O. The lowest BCUT2D eigenvalue weighted by molar-refractivity contribution is -0.307. The fourth-order valence-electron chi connectivity index (χ4n) is 1.90. The summed E-state index contributed by atoms with van der Waals surface area (Å²) in [5.74, 6) is -0.609. The van der Waals surface area contributed by atoms with E-state index in [2.05, 4.69) is 0 Å². The third-order valence-electron chi connectivity index (χ3n) is 2.81. The highest BCUT2D eigenvalue weighted by Crippen LogP contribution is 2.35. The standard InChI is InChI=1S/C15H10O5S/c16-14(17)8-19-9-3-4-11-12(6-9)20-13(15(11)18)7-10-2-1-5-21-10/h1-7H,8H2,(H,16,17)/p-1/b13-7+. The van der Waals surface area contributed by atoms with Crippen LogP contribution in [0, 0.1) is 0 Å². The number of carbonyl (C=O) groups excluding carboxylic acids is 2. The maximum absolute atomic E-state index is 12.2. The van der Waals surface area contributed by atoms with Gasteiger partial charge in [-0.15, -0.1) is 11.3 Å². The molecule has 0 fully saturated rings. The van der Waals surface area contributed by atoms with Gasteiger partial charge in [0.05, 0.1) is 11.5 Å². The smallest absolute Gasteiger partial charge is 0.232 e. The van der Waals surface area contributed by atoms with Crippen molar-refractivity contribution in [3.8, 4) is 11.5 Å². The van der Waals surface area contributed by atoms with Crippen LogP contribution in [0.15, 0.2) is 41.5 Å². The van der Waals surface area contributed by atoms with Gasteiger partial charge < -0.3 is 19.4 Å². The molecular formula is C15H9O5S-. The normalized spacial score (nSPS) is 14.9. The number of aliphatic carboxylic acids is 1. The topological polar surface area (TPSA) is 75.7 Å². The fraction of sp³-hybridized carbons (Fsp3) is 0.0667. The molecule has 0 N–H and O–H groups in total. The summed E-state index contributed by atoms with van der Waals surface area (Å²) < 4.78 is 10.5. The fourth-order valence-corrected chi connectivity index (χ4v) is 2.55. The molecule has 21 heavy (non-hydrogen) atoms. The van der Waals surface area contributed by atoms with E-state index in [0.29, 0.717) is 17.1 Å². The molecule has 1 aliphatic heterocycles. The van der Waals surface area contributed by atoms with Crippen molar-refractivity contribution in [1.29, 1.82) is 0 Å². The molecule has 3 rings (SSSR count). The number of fused-ring (bicyclic) bond motifs is 1. The summed E-state index contributed by atoms with van der Waals surface area (Å²) in [6, 6.07) is 8.33. The predicted molar refractivity (Wildman–Crippen MR) is 74.2 cm³/mol. The lowest BCUT2D eigenvalue weighted by Crippen LogP contribution is -2.28. The minimum atomic E-state index is -1.31. The second-order valence-electron chi connectivity index (χ2n) is 4.27. The first-order valence-corrected chi connectivity index (χ1v) is 6.96. The molecule has 0 unspecified atom stereocenters. The maximum Gasteiger partial charge on any atom is 0.232 e. The van der Waals surface area contributed by atoms with Gasteiger partial charge in [0.1, 0.15) is 18.1 Å². The van der Waals surface area contributed by atoms with Gasteiger partial charge in [-0.2, -0.15) is 0 Å². The summed E-state index contributed by atoms with van der Waals surface area (Å²) in [5, 5.41) is 12.3. The third kappa shape index (κ3) is 2.80. The molecule has 1 aliphatic rings. The minimum absolute atomic E-state index is 0.204. The molecule has 106 valence electrons. The van der Waals surface area contributed by atoms with E-state index in [-0.39, 0.29) is 11.5 Å². The van der Waals surface area contributed by atoms with Crippen LogP contribution in [0.2, 0.25) is 0 Å². The zero-order chi connectivity index (χ0) is 14.8. The van der Waals surface area contributed by atoms with Crippen LogP contribution in [0.25, 0.3) is 6.08 Å². The molecule has 0 aliphatic carbocycles. The Kier molecular flexibility index (Phi) is 3.45. The molecule has 1 aromatic carbocycles. The van der Waals surface area contributed by atoms with Crippen molar-refractivity contribution in [2.24, 2.45) is 0 Å². The number of carboxylic acid groups (broad SMARTS) is 1. The van der Waals surface area contributed by atoms with Crippen molar-refractivity contribution in [2.45, 2.75) is 0 Å². The highest BCUT2D eigenvalue weighted by molar-refractivity contribution is 7.10. The summed E-state index contributed by atoms with van der Waals surface area (Å²) in [7, 11) is 0. The average molecular weight is 301 g/mol. The van der Waals surface area contributed by atoms with Gasteiger partial charge in [0, 0.05) is 17.0 Å². The van der Waals surface area contributed by atoms with E-state index in [1.165, 1.54) is 23.5 Å². The Hall–Kier alpha value is -2.60. The highest BCUT2D eigenvalue weighted by atomic mass is 32.1. The number of allylic oxidation sites excluding steroid dienone is 1. The lowest BCUT2D eigenvalue weighted by Gasteiger charge is -2.07. The van der Waals surface area contributed by atoms with Crippen LogP contribution in [0.1, 0.15) is 15.2 Å². The van der Waals surface area contributed by atoms with Gasteiger partial charge in [-0.25, -0.2) is 0 Å². The number of benzene rings is 1. The van der Waals surface area contributed by atoms with Gasteiger partial charge in [0.25, 0.3) is 0 Å². The molecule has 1 aromatic heterocycles. The number of carboxylic acids is 1. The first-order valence-electron chi connectivity index (χ1n) is 6.08. The van der Waals surface area contributed by atoms with Crippen LogP contribution in [0.5, 0.6) is 11.5 Å². The lowest BCUT2D eigenvalue weighted by atomic mass is 10.1. The van der Waals surface area contributed by atoms with Crippen molar-refractivity contribution < 1.29 is 24.2 Å². The summed E-state index contributed by atoms with van der Waals surface area (Å²) in [6.07, 6.45) is 1.68. The minimum Gasteiger partial charge on any atom is -0.546 e. The Labute approximate surface area is 124 Å². The van der Waals surface area contributed by atoms with Crippen molar-refractivity contribution in [3.05, 3.63) is 51.9 Å². The van der Waals surface area contributed by atoms with Gasteiger partial charge in [-0.05, 0) is 23.6 Å². The number of hydrogen-bond acceptors (Lipinski definition) is 6. The zero-order valence-corrected chi connectivity index (χ0v) is 11.5. The van der Waals surface area contributed by atoms with Crippen LogP contribution in [-0.2, 0) is 4.79 Å². The zero-order valence-electron chi connectivity index (χ0n) is 10.7. The van der Waals surface area contributed by atoms with Crippen molar-refractivity contribution >= 4 is 29.2 Å². The Morgan fingerprint density at radius 3 is 2.95 bits per heavy atom. The molecule has 0 radical (unpaired) electrons. The number of rotatable bonds is 4. The second kappa shape index (κ2) is 5.41. The second-order valence-corrected chi connectivity index (χ2v) is 5.25. The predicted octanol–water partition coefficient (Wildman–Crippen LogP) is 1.49.